The highest BCUT2D eigenvalue weighted by atomic mass is 16.4. The predicted molar refractivity (Wildman–Crippen MR) is 79.9 cm³/mol. The van der Waals surface area contributed by atoms with Crippen molar-refractivity contribution in [2.24, 2.45) is 11.8 Å². The Bertz CT molecular complexity index is 305. The second kappa shape index (κ2) is 9.38. The Morgan fingerprint density at radius 2 is 1.62 bits per heavy atom. The van der Waals surface area contributed by atoms with Crippen molar-refractivity contribution in [1.29, 1.82) is 0 Å². The first kappa shape index (κ1) is 18.4. The van der Waals surface area contributed by atoms with Crippen LogP contribution in [0.4, 0.5) is 0 Å². The summed E-state index contributed by atoms with van der Waals surface area (Å²) in [5, 5.41) is 38.0. The maximum atomic E-state index is 10.4. The number of aliphatic carboxylic acids is 1. The summed E-state index contributed by atoms with van der Waals surface area (Å²) in [5.74, 6) is -0.561. The van der Waals surface area contributed by atoms with Crippen LogP contribution in [0.25, 0.3) is 0 Å². The van der Waals surface area contributed by atoms with E-state index < -0.39 is 18.2 Å². The van der Waals surface area contributed by atoms with Gasteiger partial charge in [-0.15, -0.1) is 0 Å². The average molecular weight is 302 g/mol. The van der Waals surface area contributed by atoms with Crippen LogP contribution in [0, 0.1) is 11.8 Å². The van der Waals surface area contributed by atoms with Crippen LogP contribution in [-0.2, 0) is 4.79 Å². The van der Waals surface area contributed by atoms with E-state index in [0.717, 1.165) is 32.1 Å². The highest BCUT2D eigenvalue weighted by Gasteiger charge is 2.40. The number of unbranched alkanes of at least 4 members (excludes halogenated alkanes) is 3. The van der Waals surface area contributed by atoms with Gasteiger partial charge in [0.05, 0.1) is 18.3 Å². The molecule has 1 fully saturated rings. The molecule has 0 spiro atoms. The summed E-state index contributed by atoms with van der Waals surface area (Å²) in [6.07, 6.45) is 5.19. The van der Waals surface area contributed by atoms with E-state index in [4.69, 9.17) is 5.11 Å². The quantitative estimate of drug-likeness (QED) is 0.462. The standard InChI is InChI=1S/C16H30O5/c1-11(17)8-9-13-12(14(18)10-15(13)19)6-4-2-3-5-7-16(20)21/h11-15,17-19H,2-10H2,1H3,(H,20,21)/t11?,12-,13-,14+,15-/m1/s1. The molecule has 5 heteroatoms. The monoisotopic (exact) mass is 302 g/mol. The SMILES string of the molecule is CC(O)CC[C@@H]1[C@@H](CCCCCCC(=O)O)[C@@H](O)C[C@H]1O. The number of hydrogen-bond acceptors (Lipinski definition) is 4. The third kappa shape index (κ3) is 6.76. The van der Waals surface area contributed by atoms with Crippen molar-refractivity contribution in [3.63, 3.8) is 0 Å². The van der Waals surface area contributed by atoms with Crippen LogP contribution < -0.4 is 0 Å². The second-order valence-corrected chi connectivity index (χ2v) is 6.47. The zero-order valence-electron chi connectivity index (χ0n) is 12.9. The first-order valence-corrected chi connectivity index (χ1v) is 8.17. The lowest BCUT2D eigenvalue weighted by Crippen LogP contribution is -2.23. The normalized spacial score (nSPS) is 30.5. The van der Waals surface area contributed by atoms with Gasteiger partial charge in [0.25, 0.3) is 0 Å². The summed E-state index contributed by atoms with van der Waals surface area (Å²) >= 11 is 0. The molecule has 1 unspecified atom stereocenters. The van der Waals surface area contributed by atoms with Crippen LogP contribution >= 0.6 is 0 Å². The Hall–Kier alpha value is -0.650. The molecule has 0 radical (unpaired) electrons. The average Bonchev–Trinajstić information content (AvgIpc) is 2.65. The molecule has 1 aliphatic rings. The van der Waals surface area contributed by atoms with E-state index in [1.165, 1.54) is 0 Å². The smallest absolute Gasteiger partial charge is 0.303 e. The van der Waals surface area contributed by atoms with E-state index in [1.54, 1.807) is 6.92 Å². The molecule has 0 amide bonds. The van der Waals surface area contributed by atoms with Crippen molar-refractivity contribution in [2.45, 2.75) is 83.0 Å². The van der Waals surface area contributed by atoms with Crippen LogP contribution in [-0.4, -0.2) is 44.7 Å². The summed E-state index contributed by atoms with van der Waals surface area (Å²) in [6, 6.07) is 0. The number of aliphatic hydroxyl groups excluding tert-OH is 3. The molecule has 0 bridgehead atoms. The van der Waals surface area contributed by atoms with Gasteiger partial charge in [0, 0.05) is 6.42 Å². The number of carboxylic acids is 1. The molecule has 1 aliphatic carbocycles. The minimum Gasteiger partial charge on any atom is -0.481 e. The molecule has 1 rings (SSSR count). The van der Waals surface area contributed by atoms with Crippen LogP contribution in [0.2, 0.25) is 0 Å². The van der Waals surface area contributed by atoms with Gasteiger partial charge in [-0.25, -0.2) is 0 Å². The maximum Gasteiger partial charge on any atom is 0.303 e. The van der Waals surface area contributed by atoms with Crippen LogP contribution in [0.3, 0.4) is 0 Å². The summed E-state index contributed by atoms with van der Waals surface area (Å²) < 4.78 is 0. The second-order valence-electron chi connectivity index (χ2n) is 6.47. The molecule has 0 aromatic carbocycles. The first-order valence-electron chi connectivity index (χ1n) is 8.17. The molecule has 0 heterocycles. The predicted octanol–water partition coefficient (Wildman–Crippen LogP) is 1.93. The number of rotatable bonds is 10. The molecule has 124 valence electrons. The van der Waals surface area contributed by atoms with Gasteiger partial charge >= 0.3 is 5.97 Å². The highest BCUT2D eigenvalue weighted by Crippen LogP contribution is 2.39. The topological polar surface area (TPSA) is 98.0 Å². The fourth-order valence-corrected chi connectivity index (χ4v) is 3.42. The molecule has 0 aliphatic heterocycles. The van der Waals surface area contributed by atoms with Crippen molar-refractivity contribution in [3.8, 4) is 0 Å². The summed E-state index contributed by atoms with van der Waals surface area (Å²) in [5.41, 5.74) is 0. The molecule has 5 atom stereocenters. The fourth-order valence-electron chi connectivity index (χ4n) is 3.42. The molecular weight excluding hydrogens is 272 g/mol. The van der Waals surface area contributed by atoms with Crippen molar-refractivity contribution in [2.75, 3.05) is 0 Å². The van der Waals surface area contributed by atoms with E-state index >= 15 is 0 Å². The van der Waals surface area contributed by atoms with Crippen molar-refractivity contribution in [3.05, 3.63) is 0 Å². The number of carboxylic acid groups (broad SMARTS) is 1. The summed E-state index contributed by atoms with van der Waals surface area (Å²) in [4.78, 5) is 10.4. The lowest BCUT2D eigenvalue weighted by molar-refractivity contribution is -0.137. The van der Waals surface area contributed by atoms with Gasteiger partial charge in [0.15, 0.2) is 0 Å². The molecule has 21 heavy (non-hydrogen) atoms. The van der Waals surface area contributed by atoms with Gasteiger partial charge in [-0.1, -0.05) is 19.3 Å². The summed E-state index contributed by atoms with van der Waals surface area (Å²) in [7, 11) is 0. The van der Waals surface area contributed by atoms with Crippen LogP contribution in [0.1, 0.15) is 64.7 Å². The van der Waals surface area contributed by atoms with Gasteiger partial charge < -0.3 is 20.4 Å². The maximum absolute atomic E-state index is 10.4. The van der Waals surface area contributed by atoms with Gasteiger partial charge in [-0.2, -0.15) is 0 Å². The van der Waals surface area contributed by atoms with Crippen LogP contribution in [0.5, 0.6) is 0 Å². The first-order chi connectivity index (χ1) is 9.91. The molecule has 5 nitrogen and oxygen atoms in total. The number of carbonyl (C=O) groups is 1. The minimum absolute atomic E-state index is 0.0774. The van der Waals surface area contributed by atoms with Gasteiger partial charge in [-0.05, 0) is 50.9 Å². The zero-order chi connectivity index (χ0) is 15.8. The molecule has 0 saturated heterocycles. The molecular formula is C16H30O5. The zero-order valence-corrected chi connectivity index (χ0v) is 12.9. The number of aliphatic hydroxyl groups is 3. The van der Waals surface area contributed by atoms with E-state index in [0.29, 0.717) is 19.3 Å². The molecule has 1 saturated carbocycles. The minimum atomic E-state index is -0.748. The largest absolute Gasteiger partial charge is 0.481 e. The molecule has 4 N–H and O–H groups in total. The van der Waals surface area contributed by atoms with Gasteiger partial charge in [-0.3, -0.25) is 4.79 Å². The van der Waals surface area contributed by atoms with E-state index in [1.807, 2.05) is 0 Å². The lowest BCUT2D eigenvalue weighted by atomic mass is 9.85. The van der Waals surface area contributed by atoms with E-state index in [2.05, 4.69) is 0 Å². The Morgan fingerprint density at radius 1 is 1.05 bits per heavy atom. The van der Waals surface area contributed by atoms with Crippen LogP contribution in [0.15, 0.2) is 0 Å². The summed E-state index contributed by atoms with van der Waals surface area (Å²) in [6.45, 7) is 1.75. The van der Waals surface area contributed by atoms with Gasteiger partial charge in [0.1, 0.15) is 0 Å². The highest BCUT2D eigenvalue weighted by molar-refractivity contribution is 5.66. The fraction of sp³-hybridized carbons (Fsp3) is 0.938. The van der Waals surface area contributed by atoms with E-state index in [9.17, 15) is 20.1 Å². The lowest BCUT2D eigenvalue weighted by Gasteiger charge is -2.24. The number of hydrogen-bond donors (Lipinski definition) is 4. The van der Waals surface area contributed by atoms with Crippen molar-refractivity contribution in [1.82, 2.24) is 0 Å². The Morgan fingerprint density at radius 3 is 2.19 bits per heavy atom. The Balaban J connectivity index is 2.27. The Labute approximate surface area is 127 Å². The van der Waals surface area contributed by atoms with E-state index in [-0.39, 0.29) is 24.4 Å². The third-order valence-electron chi connectivity index (χ3n) is 4.62. The third-order valence-corrected chi connectivity index (χ3v) is 4.62. The Kier molecular flexibility index (Phi) is 8.22. The van der Waals surface area contributed by atoms with Crippen molar-refractivity contribution >= 4 is 5.97 Å². The molecule has 0 aromatic rings. The van der Waals surface area contributed by atoms with Gasteiger partial charge in [0.2, 0.25) is 0 Å². The molecule has 0 aromatic heterocycles. The van der Waals surface area contributed by atoms with Crippen molar-refractivity contribution < 1.29 is 25.2 Å².